The summed E-state index contributed by atoms with van der Waals surface area (Å²) < 4.78 is 33.7. The van der Waals surface area contributed by atoms with Gasteiger partial charge in [-0.15, -0.1) is 0 Å². The van der Waals surface area contributed by atoms with Gasteiger partial charge in [-0.05, 0) is 63.2 Å². The highest BCUT2D eigenvalue weighted by molar-refractivity contribution is 7.89. The number of aromatic nitrogens is 1. The zero-order valence-corrected chi connectivity index (χ0v) is 21.0. The van der Waals surface area contributed by atoms with E-state index in [0.29, 0.717) is 18.7 Å². The number of aryl methyl sites for hydroxylation is 2. The number of Topliss-reactive ketones (excluding diaryl/α,β-unsaturated/α-hetero) is 1. The number of ketones is 1. The van der Waals surface area contributed by atoms with Crippen molar-refractivity contribution in [1.29, 1.82) is 0 Å². The second-order valence-corrected chi connectivity index (χ2v) is 10.0. The van der Waals surface area contributed by atoms with Gasteiger partial charge in [0.1, 0.15) is 0 Å². The number of nitrogens with zero attached hydrogens (tertiary/aromatic N) is 2. The number of rotatable bonds is 9. The lowest BCUT2D eigenvalue weighted by Gasteiger charge is -2.18. The average molecular weight is 483 g/mol. The third-order valence-electron chi connectivity index (χ3n) is 5.79. The smallest absolute Gasteiger partial charge is 0.338 e. The van der Waals surface area contributed by atoms with Crippen LogP contribution in [0.25, 0.3) is 5.69 Å². The molecule has 7 nitrogen and oxygen atoms in total. The van der Waals surface area contributed by atoms with E-state index in [1.807, 2.05) is 49.6 Å². The van der Waals surface area contributed by atoms with Crippen LogP contribution in [0.5, 0.6) is 0 Å². The first-order chi connectivity index (χ1) is 16.1. The molecule has 8 heteroatoms. The lowest BCUT2D eigenvalue weighted by molar-refractivity contribution is 0.0474. The number of hydrogen-bond donors (Lipinski definition) is 0. The van der Waals surface area contributed by atoms with Gasteiger partial charge in [-0.3, -0.25) is 4.79 Å². The number of sulfonamides is 1. The monoisotopic (exact) mass is 482 g/mol. The topological polar surface area (TPSA) is 85.7 Å². The van der Waals surface area contributed by atoms with Crippen molar-refractivity contribution >= 4 is 21.8 Å². The number of carbonyl (C=O) groups is 2. The Hall–Kier alpha value is -3.23. The number of hydrogen-bond acceptors (Lipinski definition) is 5. The Morgan fingerprint density at radius 3 is 2.06 bits per heavy atom. The molecule has 0 aliphatic carbocycles. The highest BCUT2D eigenvalue weighted by atomic mass is 32.2. The molecule has 1 aromatic heterocycles. The van der Waals surface area contributed by atoms with Crippen molar-refractivity contribution < 1.29 is 22.7 Å². The van der Waals surface area contributed by atoms with Crippen molar-refractivity contribution in [1.82, 2.24) is 8.87 Å². The van der Waals surface area contributed by atoms with Crippen molar-refractivity contribution in [2.45, 2.75) is 39.5 Å². The molecule has 3 rings (SSSR count). The van der Waals surface area contributed by atoms with Crippen molar-refractivity contribution in [2.24, 2.45) is 0 Å². The van der Waals surface area contributed by atoms with Gasteiger partial charge in [-0.1, -0.05) is 31.5 Å². The fourth-order valence-corrected chi connectivity index (χ4v) is 5.36. The Morgan fingerprint density at radius 1 is 0.912 bits per heavy atom. The maximum atomic E-state index is 12.8. The maximum absolute atomic E-state index is 12.8. The minimum Gasteiger partial charge on any atom is -0.454 e. The third kappa shape index (κ3) is 5.13. The summed E-state index contributed by atoms with van der Waals surface area (Å²) in [5, 5.41) is 0. The largest absolute Gasteiger partial charge is 0.454 e. The van der Waals surface area contributed by atoms with Gasteiger partial charge < -0.3 is 9.30 Å². The minimum absolute atomic E-state index is 0.104. The first kappa shape index (κ1) is 25.4. The van der Waals surface area contributed by atoms with Gasteiger partial charge in [-0.2, -0.15) is 4.31 Å². The molecule has 34 heavy (non-hydrogen) atoms. The van der Waals surface area contributed by atoms with E-state index in [1.165, 1.54) is 28.6 Å². The van der Waals surface area contributed by atoms with Crippen LogP contribution in [0.1, 0.15) is 51.5 Å². The van der Waals surface area contributed by atoms with Crippen LogP contribution in [0.15, 0.2) is 59.5 Å². The van der Waals surface area contributed by atoms with E-state index in [2.05, 4.69) is 0 Å². The fraction of sp³-hybridized carbons (Fsp3) is 0.308. The molecule has 0 radical (unpaired) electrons. The molecule has 1 heterocycles. The molecule has 0 aliphatic heterocycles. The van der Waals surface area contributed by atoms with Crippen LogP contribution >= 0.6 is 0 Å². The highest BCUT2D eigenvalue weighted by Gasteiger charge is 2.22. The summed E-state index contributed by atoms with van der Waals surface area (Å²) in [4.78, 5) is 25.4. The molecule has 3 aromatic rings. The number of ether oxygens (including phenoxy) is 1. The summed E-state index contributed by atoms with van der Waals surface area (Å²) in [5.74, 6) is -0.993. The molecule has 0 atom stereocenters. The van der Waals surface area contributed by atoms with Gasteiger partial charge in [-0.25, -0.2) is 13.2 Å². The molecule has 0 bridgehead atoms. The fourth-order valence-electron chi connectivity index (χ4n) is 3.90. The van der Waals surface area contributed by atoms with E-state index in [0.717, 1.165) is 22.6 Å². The zero-order valence-electron chi connectivity index (χ0n) is 20.2. The first-order valence-electron chi connectivity index (χ1n) is 11.2. The normalized spacial score (nSPS) is 11.6. The van der Waals surface area contributed by atoms with Crippen LogP contribution in [0.3, 0.4) is 0 Å². The number of carbonyl (C=O) groups excluding carboxylic acids is 2. The summed E-state index contributed by atoms with van der Waals surface area (Å²) in [6, 6.07) is 15.3. The molecule has 180 valence electrons. The molecule has 0 saturated heterocycles. The van der Waals surface area contributed by atoms with Crippen LogP contribution < -0.4 is 0 Å². The van der Waals surface area contributed by atoms with Gasteiger partial charge in [0, 0.05) is 35.7 Å². The Balaban J connectivity index is 1.70. The first-order valence-corrected chi connectivity index (χ1v) is 12.6. The van der Waals surface area contributed by atoms with Gasteiger partial charge in [0.2, 0.25) is 15.8 Å². The lowest BCUT2D eigenvalue weighted by atomic mass is 10.1. The second-order valence-electron chi connectivity index (χ2n) is 8.07. The van der Waals surface area contributed by atoms with E-state index in [9.17, 15) is 18.0 Å². The van der Waals surface area contributed by atoms with Crippen LogP contribution in [0, 0.1) is 20.8 Å². The van der Waals surface area contributed by atoms with E-state index in [1.54, 1.807) is 19.9 Å². The van der Waals surface area contributed by atoms with Crippen LogP contribution in [0.4, 0.5) is 0 Å². The van der Waals surface area contributed by atoms with E-state index < -0.39 is 22.6 Å². The Morgan fingerprint density at radius 2 is 1.50 bits per heavy atom. The van der Waals surface area contributed by atoms with E-state index in [-0.39, 0.29) is 16.2 Å². The predicted molar refractivity (Wildman–Crippen MR) is 131 cm³/mol. The molecular formula is C26H30N2O5S. The van der Waals surface area contributed by atoms with Gasteiger partial charge >= 0.3 is 5.97 Å². The van der Waals surface area contributed by atoms with Gasteiger partial charge in [0.15, 0.2) is 6.61 Å². The molecule has 0 unspecified atom stereocenters. The number of esters is 1. The van der Waals surface area contributed by atoms with Gasteiger partial charge in [0.25, 0.3) is 0 Å². The Labute approximate surface area is 201 Å². The SMILES string of the molecule is CCN(CC)S(=O)(=O)c1ccc(C(=O)OCC(=O)c2cc(C)n(-c3ccc(C)cc3)c2C)cc1. The van der Waals surface area contributed by atoms with Crippen LogP contribution in [-0.4, -0.2) is 48.7 Å². The third-order valence-corrected chi connectivity index (χ3v) is 7.86. The lowest BCUT2D eigenvalue weighted by Crippen LogP contribution is -2.30. The quantitative estimate of drug-likeness (QED) is 0.332. The van der Waals surface area contributed by atoms with Crippen LogP contribution in [0.2, 0.25) is 0 Å². The average Bonchev–Trinajstić information content (AvgIpc) is 3.12. The number of benzene rings is 2. The standard InChI is InChI=1S/C26H30N2O5S/c1-6-27(7-2)34(31,32)23-14-10-21(11-15-23)26(30)33-17-25(29)24-16-19(4)28(20(24)5)22-12-8-18(3)9-13-22/h8-16H,6-7,17H2,1-5H3. The molecule has 0 N–H and O–H groups in total. The van der Waals surface area contributed by atoms with Crippen molar-refractivity contribution in [3.63, 3.8) is 0 Å². The molecule has 0 aliphatic rings. The van der Waals surface area contributed by atoms with Gasteiger partial charge in [0.05, 0.1) is 10.5 Å². The predicted octanol–water partition coefficient (Wildman–Crippen LogP) is 4.47. The molecule has 2 aromatic carbocycles. The summed E-state index contributed by atoms with van der Waals surface area (Å²) in [6.45, 7) is 9.63. The highest BCUT2D eigenvalue weighted by Crippen LogP contribution is 2.22. The van der Waals surface area contributed by atoms with Crippen molar-refractivity contribution in [3.8, 4) is 5.69 Å². The minimum atomic E-state index is -3.61. The molecule has 0 fully saturated rings. The summed E-state index contributed by atoms with van der Waals surface area (Å²) >= 11 is 0. The molecule has 0 amide bonds. The molecule has 0 spiro atoms. The molecule has 0 saturated carbocycles. The summed E-state index contributed by atoms with van der Waals surface area (Å²) in [5.41, 5.74) is 4.45. The molecular weight excluding hydrogens is 452 g/mol. The Kier molecular flexibility index (Phi) is 7.74. The summed E-state index contributed by atoms with van der Waals surface area (Å²) in [7, 11) is -3.61. The summed E-state index contributed by atoms with van der Waals surface area (Å²) in [6.07, 6.45) is 0. The van der Waals surface area contributed by atoms with E-state index in [4.69, 9.17) is 4.74 Å². The second kappa shape index (κ2) is 10.4. The zero-order chi connectivity index (χ0) is 25.0. The maximum Gasteiger partial charge on any atom is 0.338 e. The Bertz CT molecular complexity index is 1290. The van der Waals surface area contributed by atoms with Crippen LogP contribution in [-0.2, 0) is 14.8 Å². The van der Waals surface area contributed by atoms with E-state index >= 15 is 0 Å². The van der Waals surface area contributed by atoms with Crippen molar-refractivity contribution in [2.75, 3.05) is 19.7 Å². The van der Waals surface area contributed by atoms with Crippen molar-refractivity contribution in [3.05, 3.63) is 82.7 Å².